The van der Waals surface area contributed by atoms with E-state index in [4.69, 9.17) is 5.73 Å². The first-order valence-corrected chi connectivity index (χ1v) is 10.7. The minimum atomic E-state index is -0.599. The molecule has 2 fully saturated rings. The van der Waals surface area contributed by atoms with Crippen LogP contribution >= 0.6 is 0 Å². The molecule has 3 N–H and O–H groups in total. The van der Waals surface area contributed by atoms with E-state index < -0.39 is 6.03 Å². The Morgan fingerprint density at radius 3 is 2.39 bits per heavy atom. The van der Waals surface area contributed by atoms with Crippen LogP contribution in [0.15, 0.2) is 30.3 Å². The molecular formula is C22H34N4O2. The number of amides is 3. The number of benzene rings is 1. The lowest BCUT2D eigenvalue weighted by atomic mass is 9.91. The van der Waals surface area contributed by atoms with E-state index in [1.807, 2.05) is 35.2 Å². The van der Waals surface area contributed by atoms with Gasteiger partial charge in [0.1, 0.15) is 0 Å². The maximum Gasteiger partial charge on any atom is 0.312 e. The van der Waals surface area contributed by atoms with Gasteiger partial charge in [-0.3, -0.25) is 4.79 Å². The van der Waals surface area contributed by atoms with Gasteiger partial charge < -0.3 is 20.9 Å². The molecule has 6 heteroatoms. The maximum atomic E-state index is 12.8. The van der Waals surface area contributed by atoms with Crippen LogP contribution in [0.2, 0.25) is 0 Å². The number of likely N-dealkylation sites (tertiary alicyclic amines) is 2. The monoisotopic (exact) mass is 386 g/mol. The van der Waals surface area contributed by atoms with Gasteiger partial charge in [-0.1, -0.05) is 30.3 Å². The summed E-state index contributed by atoms with van der Waals surface area (Å²) in [6, 6.07) is 8.59. The molecule has 0 aliphatic carbocycles. The molecule has 2 aliphatic heterocycles. The van der Waals surface area contributed by atoms with Crippen LogP contribution in [-0.4, -0.2) is 54.5 Å². The SMILES string of the molecule is NC(=O)N[C@@H](CC(=O)N1CCC(CCCN2CCCC2)CC1)c1ccccc1. The highest BCUT2D eigenvalue weighted by atomic mass is 16.2. The molecule has 3 amide bonds. The number of piperidine rings is 1. The molecule has 1 aromatic carbocycles. The van der Waals surface area contributed by atoms with Gasteiger partial charge in [0.15, 0.2) is 0 Å². The average molecular weight is 387 g/mol. The number of nitrogens with one attached hydrogen (secondary N) is 1. The Kier molecular flexibility index (Phi) is 7.71. The molecule has 2 heterocycles. The summed E-state index contributed by atoms with van der Waals surface area (Å²) in [6.07, 6.45) is 7.69. The van der Waals surface area contributed by atoms with Gasteiger partial charge in [-0.05, 0) is 69.6 Å². The average Bonchev–Trinajstić information content (AvgIpc) is 3.22. The molecule has 0 radical (unpaired) electrons. The van der Waals surface area contributed by atoms with E-state index in [-0.39, 0.29) is 18.4 Å². The highest BCUT2D eigenvalue weighted by Crippen LogP contribution is 2.25. The van der Waals surface area contributed by atoms with Crippen molar-refractivity contribution in [1.29, 1.82) is 0 Å². The zero-order valence-corrected chi connectivity index (χ0v) is 16.8. The van der Waals surface area contributed by atoms with Gasteiger partial charge in [0, 0.05) is 13.1 Å². The second-order valence-electron chi connectivity index (χ2n) is 8.19. The molecular weight excluding hydrogens is 352 g/mol. The van der Waals surface area contributed by atoms with E-state index in [1.165, 1.54) is 45.3 Å². The summed E-state index contributed by atoms with van der Waals surface area (Å²) in [4.78, 5) is 28.7. The Bertz CT molecular complexity index is 623. The number of nitrogens with zero attached hydrogens (tertiary/aromatic N) is 2. The lowest BCUT2D eigenvalue weighted by Crippen LogP contribution is -2.41. The van der Waals surface area contributed by atoms with Crippen molar-refractivity contribution in [1.82, 2.24) is 15.1 Å². The summed E-state index contributed by atoms with van der Waals surface area (Å²) < 4.78 is 0. The molecule has 6 nitrogen and oxygen atoms in total. The van der Waals surface area contributed by atoms with Gasteiger partial charge in [-0.25, -0.2) is 4.79 Å². The van der Waals surface area contributed by atoms with Gasteiger partial charge in [0.2, 0.25) is 5.91 Å². The molecule has 0 unspecified atom stereocenters. The number of urea groups is 1. The summed E-state index contributed by atoms with van der Waals surface area (Å²) in [6.45, 7) is 5.43. The number of nitrogens with two attached hydrogens (primary N) is 1. The third kappa shape index (κ3) is 6.23. The number of rotatable bonds is 8. The molecule has 0 aromatic heterocycles. The van der Waals surface area contributed by atoms with Crippen molar-refractivity contribution < 1.29 is 9.59 Å². The number of hydrogen-bond acceptors (Lipinski definition) is 3. The van der Waals surface area contributed by atoms with E-state index in [9.17, 15) is 9.59 Å². The molecule has 2 saturated heterocycles. The van der Waals surface area contributed by atoms with Crippen LogP contribution in [0.25, 0.3) is 0 Å². The Labute approximate surface area is 168 Å². The Morgan fingerprint density at radius 2 is 1.75 bits per heavy atom. The van der Waals surface area contributed by atoms with Crippen molar-refractivity contribution >= 4 is 11.9 Å². The third-order valence-electron chi connectivity index (χ3n) is 6.15. The van der Waals surface area contributed by atoms with Crippen LogP contribution in [0.4, 0.5) is 4.79 Å². The fourth-order valence-corrected chi connectivity index (χ4v) is 4.49. The van der Waals surface area contributed by atoms with Gasteiger partial charge in [-0.2, -0.15) is 0 Å². The van der Waals surface area contributed by atoms with E-state index in [0.717, 1.165) is 37.4 Å². The highest BCUT2D eigenvalue weighted by molar-refractivity contribution is 5.79. The number of carbonyl (C=O) groups excluding carboxylic acids is 2. The number of hydrogen-bond donors (Lipinski definition) is 2. The Morgan fingerprint density at radius 1 is 1.07 bits per heavy atom. The van der Waals surface area contributed by atoms with Crippen LogP contribution in [0.3, 0.4) is 0 Å². The van der Waals surface area contributed by atoms with Crippen molar-refractivity contribution in [3.05, 3.63) is 35.9 Å². The first kappa shape index (κ1) is 20.6. The second-order valence-corrected chi connectivity index (χ2v) is 8.19. The van der Waals surface area contributed by atoms with E-state index >= 15 is 0 Å². The van der Waals surface area contributed by atoms with Crippen molar-refractivity contribution in [3.63, 3.8) is 0 Å². The number of carbonyl (C=O) groups is 2. The van der Waals surface area contributed by atoms with Gasteiger partial charge in [0.25, 0.3) is 0 Å². The first-order chi connectivity index (χ1) is 13.6. The minimum Gasteiger partial charge on any atom is -0.352 e. The van der Waals surface area contributed by atoms with Gasteiger partial charge in [-0.15, -0.1) is 0 Å². The fourth-order valence-electron chi connectivity index (χ4n) is 4.49. The lowest BCUT2D eigenvalue weighted by molar-refractivity contribution is -0.133. The lowest BCUT2D eigenvalue weighted by Gasteiger charge is -2.33. The third-order valence-corrected chi connectivity index (χ3v) is 6.15. The predicted octanol–water partition coefficient (Wildman–Crippen LogP) is 2.90. The molecule has 28 heavy (non-hydrogen) atoms. The van der Waals surface area contributed by atoms with Gasteiger partial charge in [0.05, 0.1) is 12.5 Å². The van der Waals surface area contributed by atoms with Crippen LogP contribution in [0, 0.1) is 5.92 Å². The Hall–Kier alpha value is -2.08. The minimum absolute atomic E-state index is 0.0955. The summed E-state index contributed by atoms with van der Waals surface area (Å²) in [5, 5.41) is 2.72. The summed E-state index contributed by atoms with van der Waals surface area (Å²) in [7, 11) is 0. The van der Waals surface area contributed by atoms with Crippen molar-refractivity contribution in [2.24, 2.45) is 11.7 Å². The zero-order valence-electron chi connectivity index (χ0n) is 16.8. The molecule has 1 aromatic rings. The van der Waals surface area contributed by atoms with Crippen molar-refractivity contribution in [2.75, 3.05) is 32.7 Å². The smallest absolute Gasteiger partial charge is 0.312 e. The van der Waals surface area contributed by atoms with Crippen molar-refractivity contribution in [2.45, 2.75) is 51.0 Å². The normalized spacial score (nSPS) is 19.5. The van der Waals surface area contributed by atoms with Crippen LogP contribution in [-0.2, 0) is 4.79 Å². The molecule has 154 valence electrons. The largest absolute Gasteiger partial charge is 0.352 e. The Balaban J connectivity index is 1.42. The van der Waals surface area contributed by atoms with E-state index in [1.54, 1.807) is 0 Å². The zero-order chi connectivity index (χ0) is 19.8. The summed E-state index contributed by atoms with van der Waals surface area (Å²) >= 11 is 0. The molecule has 0 saturated carbocycles. The van der Waals surface area contributed by atoms with Crippen LogP contribution in [0.5, 0.6) is 0 Å². The second kappa shape index (κ2) is 10.5. The van der Waals surface area contributed by atoms with Gasteiger partial charge >= 0.3 is 6.03 Å². The predicted molar refractivity (Wildman–Crippen MR) is 111 cm³/mol. The fraction of sp³-hybridized carbons (Fsp3) is 0.636. The van der Waals surface area contributed by atoms with Crippen molar-refractivity contribution in [3.8, 4) is 0 Å². The van der Waals surface area contributed by atoms with Crippen LogP contribution < -0.4 is 11.1 Å². The molecule has 0 spiro atoms. The highest BCUT2D eigenvalue weighted by Gasteiger charge is 2.26. The summed E-state index contributed by atoms with van der Waals surface area (Å²) in [5.41, 5.74) is 6.23. The van der Waals surface area contributed by atoms with Crippen LogP contribution in [0.1, 0.15) is 56.6 Å². The molecule has 3 rings (SSSR count). The molecule has 2 aliphatic rings. The summed E-state index contributed by atoms with van der Waals surface area (Å²) in [5.74, 6) is 0.832. The maximum absolute atomic E-state index is 12.8. The topological polar surface area (TPSA) is 78.7 Å². The first-order valence-electron chi connectivity index (χ1n) is 10.7. The molecule has 0 bridgehead atoms. The standard InChI is InChI=1S/C22H34N4O2/c23-22(28)24-20(19-8-2-1-3-9-19)17-21(27)26-15-10-18(11-16-26)7-6-14-25-12-4-5-13-25/h1-3,8-9,18,20H,4-7,10-17H2,(H3,23,24,28)/t20-/m0/s1. The molecule has 1 atom stereocenters. The quantitative estimate of drug-likeness (QED) is 0.721. The number of primary amides is 1. The van der Waals surface area contributed by atoms with E-state index in [2.05, 4.69) is 10.2 Å². The van der Waals surface area contributed by atoms with E-state index in [0.29, 0.717) is 0 Å².